The summed E-state index contributed by atoms with van der Waals surface area (Å²) < 4.78 is 28.0. The second kappa shape index (κ2) is 10.7. The van der Waals surface area contributed by atoms with Crippen LogP contribution in [-0.4, -0.2) is 61.8 Å². The number of hydrogen-bond acceptors (Lipinski definition) is 6. The fourth-order valence-electron chi connectivity index (χ4n) is 4.11. The summed E-state index contributed by atoms with van der Waals surface area (Å²) in [5.41, 5.74) is 2.08. The minimum Gasteiger partial charge on any atom is -0.336 e. The monoisotopic (exact) mass is 498 g/mol. The van der Waals surface area contributed by atoms with E-state index in [1.165, 1.54) is 10.4 Å². The van der Waals surface area contributed by atoms with Crippen LogP contribution in [0.3, 0.4) is 0 Å². The predicted octanol–water partition coefficient (Wildman–Crippen LogP) is 3.88. The summed E-state index contributed by atoms with van der Waals surface area (Å²) in [5, 5.41) is 3.25. The highest BCUT2D eigenvalue weighted by atomic mass is 32.2. The maximum Gasteiger partial charge on any atom is 0.264 e. The molecule has 0 atom stereocenters. The number of aryl methyl sites for hydroxylation is 1. The number of amides is 1. The number of carbonyl (C=O) groups excluding carboxylic acids is 1. The second-order valence-corrected chi connectivity index (χ2v) is 11.0. The van der Waals surface area contributed by atoms with Crippen LogP contribution in [0.4, 0.5) is 5.69 Å². The van der Waals surface area contributed by atoms with Gasteiger partial charge in [0.2, 0.25) is 0 Å². The molecule has 34 heavy (non-hydrogen) atoms. The number of para-hydroxylation sites is 1. The molecule has 0 saturated carbocycles. The van der Waals surface area contributed by atoms with E-state index in [2.05, 4.69) is 22.2 Å². The van der Waals surface area contributed by atoms with Gasteiger partial charge in [0.15, 0.2) is 0 Å². The van der Waals surface area contributed by atoms with Crippen molar-refractivity contribution in [1.29, 1.82) is 0 Å². The van der Waals surface area contributed by atoms with E-state index in [1.54, 1.807) is 53.5 Å². The third kappa shape index (κ3) is 5.32. The minimum atomic E-state index is -3.79. The number of thiazole rings is 1. The zero-order valence-corrected chi connectivity index (χ0v) is 21.2. The van der Waals surface area contributed by atoms with Crippen molar-refractivity contribution in [3.05, 3.63) is 76.2 Å². The van der Waals surface area contributed by atoms with Crippen LogP contribution >= 0.6 is 11.3 Å². The van der Waals surface area contributed by atoms with Gasteiger partial charge in [-0.25, -0.2) is 13.4 Å². The van der Waals surface area contributed by atoms with Gasteiger partial charge in [0, 0.05) is 50.2 Å². The first-order valence-corrected chi connectivity index (χ1v) is 13.9. The first-order chi connectivity index (χ1) is 16.4. The molecule has 0 N–H and O–H groups in total. The molecule has 2 heterocycles. The number of sulfonamides is 1. The molecule has 4 rings (SSSR count). The molecule has 0 bridgehead atoms. The van der Waals surface area contributed by atoms with Crippen LogP contribution in [0.2, 0.25) is 0 Å². The lowest BCUT2D eigenvalue weighted by Crippen LogP contribution is -2.48. The summed E-state index contributed by atoms with van der Waals surface area (Å²) in [7, 11) is -3.79. The van der Waals surface area contributed by atoms with E-state index >= 15 is 0 Å². The summed E-state index contributed by atoms with van der Waals surface area (Å²) in [4.78, 5) is 22.0. The Morgan fingerprint density at radius 1 is 1.03 bits per heavy atom. The average Bonchev–Trinajstić information content (AvgIpc) is 3.32. The van der Waals surface area contributed by atoms with Crippen LogP contribution in [0.15, 0.2) is 64.9 Å². The highest BCUT2D eigenvalue weighted by molar-refractivity contribution is 7.92. The standard InChI is InChI=1S/C25H30N4O3S2/c1-3-24-26-21(19-33-24)18-27-13-15-28(16-14-27)25(30)20-9-8-12-23(17-20)34(31,32)29(4-2)22-10-6-5-7-11-22/h5-12,17,19H,3-4,13-16,18H2,1-2H3. The summed E-state index contributed by atoms with van der Waals surface area (Å²) in [6.45, 7) is 7.73. The van der Waals surface area contributed by atoms with E-state index in [4.69, 9.17) is 0 Å². The van der Waals surface area contributed by atoms with Gasteiger partial charge in [-0.1, -0.05) is 31.2 Å². The molecular weight excluding hydrogens is 468 g/mol. The van der Waals surface area contributed by atoms with Crippen LogP contribution in [0, 0.1) is 0 Å². The Bertz CT molecular complexity index is 1220. The summed E-state index contributed by atoms with van der Waals surface area (Å²) in [5.74, 6) is -0.138. The van der Waals surface area contributed by atoms with Gasteiger partial charge >= 0.3 is 0 Å². The van der Waals surface area contributed by atoms with E-state index in [0.29, 0.717) is 30.9 Å². The van der Waals surface area contributed by atoms with E-state index in [0.717, 1.165) is 36.8 Å². The Morgan fingerprint density at radius 3 is 2.41 bits per heavy atom. The Labute approximate surface area is 205 Å². The van der Waals surface area contributed by atoms with Crippen LogP contribution < -0.4 is 4.31 Å². The van der Waals surface area contributed by atoms with Crippen LogP contribution in [-0.2, 0) is 23.0 Å². The van der Waals surface area contributed by atoms with Gasteiger partial charge in [-0.3, -0.25) is 14.0 Å². The zero-order valence-electron chi connectivity index (χ0n) is 19.6. The molecular formula is C25H30N4O3S2. The number of benzene rings is 2. The summed E-state index contributed by atoms with van der Waals surface area (Å²) >= 11 is 1.69. The highest BCUT2D eigenvalue weighted by Gasteiger charge is 2.27. The number of rotatable bonds is 8. The molecule has 9 heteroatoms. The van der Waals surface area contributed by atoms with Crippen LogP contribution in [0.25, 0.3) is 0 Å². The molecule has 7 nitrogen and oxygen atoms in total. The van der Waals surface area contributed by atoms with Gasteiger partial charge in [0.05, 0.1) is 21.3 Å². The van der Waals surface area contributed by atoms with Crippen molar-refractivity contribution in [1.82, 2.24) is 14.8 Å². The third-order valence-electron chi connectivity index (χ3n) is 5.95. The number of anilines is 1. The first kappa shape index (κ1) is 24.4. The second-order valence-electron chi connectivity index (χ2n) is 8.19. The van der Waals surface area contributed by atoms with E-state index in [-0.39, 0.29) is 10.8 Å². The Balaban J connectivity index is 1.44. The summed E-state index contributed by atoms with van der Waals surface area (Å²) in [6.07, 6.45) is 0.948. The smallest absolute Gasteiger partial charge is 0.264 e. The Hall–Kier alpha value is -2.75. The molecule has 1 aliphatic rings. The van der Waals surface area contributed by atoms with Crippen LogP contribution in [0.5, 0.6) is 0 Å². The lowest BCUT2D eigenvalue weighted by atomic mass is 10.2. The normalized spacial score (nSPS) is 14.8. The molecule has 1 amide bonds. The van der Waals surface area contributed by atoms with Crippen molar-refractivity contribution < 1.29 is 13.2 Å². The van der Waals surface area contributed by atoms with Crippen molar-refractivity contribution in [3.8, 4) is 0 Å². The van der Waals surface area contributed by atoms with Crippen molar-refractivity contribution in [2.75, 3.05) is 37.0 Å². The van der Waals surface area contributed by atoms with E-state index in [1.807, 2.05) is 18.2 Å². The molecule has 180 valence electrons. The molecule has 0 radical (unpaired) electrons. The number of carbonyl (C=O) groups is 1. The molecule has 3 aromatic rings. The molecule has 1 aliphatic heterocycles. The molecule has 0 spiro atoms. The zero-order chi connectivity index (χ0) is 24.1. The van der Waals surface area contributed by atoms with Gasteiger partial charge < -0.3 is 4.90 Å². The number of hydrogen-bond donors (Lipinski definition) is 0. The molecule has 1 fully saturated rings. The van der Waals surface area contributed by atoms with Crippen molar-refractivity contribution >= 4 is 33.0 Å². The van der Waals surface area contributed by atoms with Crippen LogP contribution in [0.1, 0.15) is 34.9 Å². The largest absolute Gasteiger partial charge is 0.336 e. The molecule has 1 aromatic heterocycles. The first-order valence-electron chi connectivity index (χ1n) is 11.5. The van der Waals surface area contributed by atoms with E-state index < -0.39 is 10.0 Å². The topological polar surface area (TPSA) is 73.8 Å². The van der Waals surface area contributed by atoms with Gasteiger partial charge in [-0.05, 0) is 43.7 Å². The van der Waals surface area contributed by atoms with Gasteiger partial charge in [0.1, 0.15) is 0 Å². The third-order valence-corrected chi connectivity index (χ3v) is 8.89. The molecule has 0 aliphatic carbocycles. The van der Waals surface area contributed by atoms with Crippen molar-refractivity contribution in [2.45, 2.75) is 31.7 Å². The lowest BCUT2D eigenvalue weighted by molar-refractivity contribution is 0.0627. The number of aromatic nitrogens is 1. The molecule has 2 aromatic carbocycles. The van der Waals surface area contributed by atoms with Gasteiger partial charge in [-0.15, -0.1) is 11.3 Å². The molecule has 0 unspecified atom stereocenters. The maximum atomic E-state index is 13.3. The SMILES string of the molecule is CCc1nc(CN2CCN(C(=O)c3cccc(S(=O)(=O)N(CC)c4ccccc4)c3)CC2)cs1. The Morgan fingerprint density at radius 2 is 1.76 bits per heavy atom. The van der Waals surface area contributed by atoms with Gasteiger partial charge in [-0.2, -0.15) is 0 Å². The van der Waals surface area contributed by atoms with Gasteiger partial charge in [0.25, 0.3) is 15.9 Å². The number of nitrogens with zero attached hydrogens (tertiary/aromatic N) is 4. The predicted molar refractivity (Wildman–Crippen MR) is 136 cm³/mol. The fraction of sp³-hybridized carbons (Fsp3) is 0.360. The fourth-order valence-corrected chi connectivity index (χ4v) is 6.36. The average molecular weight is 499 g/mol. The maximum absolute atomic E-state index is 13.3. The molecule has 1 saturated heterocycles. The van der Waals surface area contributed by atoms with Crippen molar-refractivity contribution in [2.24, 2.45) is 0 Å². The number of piperazine rings is 1. The lowest BCUT2D eigenvalue weighted by Gasteiger charge is -2.34. The Kier molecular flexibility index (Phi) is 7.65. The van der Waals surface area contributed by atoms with E-state index in [9.17, 15) is 13.2 Å². The van der Waals surface area contributed by atoms with Crippen molar-refractivity contribution in [3.63, 3.8) is 0 Å². The quantitative estimate of drug-likeness (QED) is 0.471. The minimum absolute atomic E-state index is 0.123. The summed E-state index contributed by atoms with van der Waals surface area (Å²) in [6, 6.07) is 15.4. The highest BCUT2D eigenvalue weighted by Crippen LogP contribution is 2.24.